The molecule has 1 heterocycles. The molecular formula is C14H8N2O5. The summed E-state index contributed by atoms with van der Waals surface area (Å²) in [6.45, 7) is 0. The van der Waals surface area contributed by atoms with Gasteiger partial charge in [0.15, 0.2) is 5.43 Å². The third-order valence-electron chi connectivity index (χ3n) is 3.26. The van der Waals surface area contributed by atoms with E-state index in [1.54, 1.807) is 0 Å². The van der Waals surface area contributed by atoms with Gasteiger partial charge in [0.2, 0.25) is 0 Å². The van der Waals surface area contributed by atoms with Crippen molar-refractivity contribution in [2.45, 2.75) is 0 Å². The average molecular weight is 284 g/mol. The first-order valence-corrected chi connectivity index (χ1v) is 5.95. The summed E-state index contributed by atoms with van der Waals surface area (Å²) < 4.78 is 0. The summed E-state index contributed by atoms with van der Waals surface area (Å²) in [4.78, 5) is 36.6. The van der Waals surface area contributed by atoms with Crippen LogP contribution < -0.4 is 5.43 Å². The molecule has 104 valence electrons. The summed E-state index contributed by atoms with van der Waals surface area (Å²) in [5, 5.41) is 20.5. The Balaban J connectivity index is 2.50. The molecule has 0 fully saturated rings. The van der Waals surface area contributed by atoms with E-state index in [-0.39, 0.29) is 38.5 Å². The number of carbonyl (C=O) groups is 1. The molecule has 0 aliphatic rings. The Morgan fingerprint density at radius 2 is 1.95 bits per heavy atom. The first-order valence-electron chi connectivity index (χ1n) is 5.95. The van der Waals surface area contributed by atoms with Crippen LogP contribution in [0, 0.1) is 10.1 Å². The van der Waals surface area contributed by atoms with Crippen LogP contribution in [-0.2, 0) is 0 Å². The Bertz CT molecular complexity index is 974. The van der Waals surface area contributed by atoms with Gasteiger partial charge in [0.25, 0.3) is 5.69 Å². The van der Waals surface area contributed by atoms with Crippen molar-refractivity contribution in [3.8, 4) is 0 Å². The lowest BCUT2D eigenvalue weighted by molar-refractivity contribution is -0.384. The van der Waals surface area contributed by atoms with Crippen LogP contribution in [0.4, 0.5) is 5.69 Å². The van der Waals surface area contributed by atoms with E-state index in [9.17, 15) is 19.7 Å². The minimum absolute atomic E-state index is 0.0574. The first kappa shape index (κ1) is 12.8. The molecule has 0 aliphatic carbocycles. The number of aromatic nitrogens is 1. The van der Waals surface area contributed by atoms with Gasteiger partial charge >= 0.3 is 5.97 Å². The topological polar surface area (TPSA) is 113 Å². The molecule has 7 nitrogen and oxygen atoms in total. The number of hydrogen-bond acceptors (Lipinski definition) is 4. The van der Waals surface area contributed by atoms with Crippen molar-refractivity contribution in [1.82, 2.24) is 4.98 Å². The van der Waals surface area contributed by atoms with E-state index < -0.39 is 10.9 Å². The van der Waals surface area contributed by atoms with Crippen LogP contribution >= 0.6 is 0 Å². The Hall–Kier alpha value is -3.22. The van der Waals surface area contributed by atoms with Gasteiger partial charge in [-0.1, -0.05) is 6.07 Å². The van der Waals surface area contributed by atoms with Crippen LogP contribution in [0.1, 0.15) is 10.4 Å². The summed E-state index contributed by atoms with van der Waals surface area (Å²) in [6.07, 6.45) is 0. The maximum atomic E-state index is 12.4. The molecule has 0 saturated carbocycles. The highest BCUT2D eigenvalue weighted by molar-refractivity contribution is 6.04. The first-order chi connectivity index (χ1) is 9.99. The third kappa shape index (κ3) is 1.91. The second kappa shape index (κ2) is 4.41. The van der Waals surface area contributed by atoms with Crippen molar-refractivity contribution in [2.24, 2.45) is 0 Å². The Kier molecular flexibility index (Phi) is 2.69. The molecule has 2 N–H and O–H groups in total. The molecule has 1 aromatic heterocycles. The maximum absolute atomic E-state index is 12.4. The van der Waals surface area contributed by atoms with Crippen molar-refractivity contribution in [2.75, 3.05) is 0 Å². The second-order valence-corrected chi connectivity index (χ2v) is 4.47. The number of hydrogen-bond donors (Lipinski definition) is 2. The van der Waals surface area contributed by atoms with Gasteiger partial charge in [0.1, 0.15) is 0 Å². The fourth-order valence-electron chi connectivity index (χ4n) is 2.28. The normalized spacial score (nSPS) is 10.9. The van der Waals surface area contributed by atoms with Gasteiger partial charge in [0, 0.05) is 22.9 Å². The third-order valence-corrected chi connectivity index (χ3v) is 3.26. The summed E-state index contributed by atoms with van der Waals surface area (Å²) in [5.74, 6) is -1.18. The van der Waals surface area contributed by atoms with Crippen LogP contribution in [-0.4, -0.2) is 21.0 Å². The number of nitro benzene ring substituents is 1. The number of pyridine rings is 1. The van der Waals surface area contributed by atoms with Gasteiger partial charge in [-0.15, -0.1) is 0 Å². The molecule has 7 heteroatoms. The number of nitrogens with one attached hydrogen (secondary N) is 1. The summed E-state index contributed by atoms with van der Waals surface area (Å²) in [6, 6.07) is 8.18. The standard InChI is InChI=1S/C14H8N2O5/c17-13-8-5-4-7(16(20)21)6-11(8)15-12-9(13)2-1-3-10(12)14(18)19/h1-6H,(H,15,17)(H,18,19). The molecule has 3 rings (SSSR count). The number of fused-ring (bicyclic) bond motifs is 2. The van der Waals surface area contributed by atoms with E-state index in [4.69, 9.17) is 5.11 Å². The zero-order valence-corrected chi connectivity index (χ0v) is 10.5. The van der Waals surface area contributed by atoms with E-state index in [1.165, 1.54) is 36.4 Å². The van der Waals surface area contributed by atoms with Gasteiger partial charge in [0.05, 0.1) is 21.5 Å². The molecule has 21 heavy (non-hydrogen) atoms. The minimum Gasteiger partial charge on any atom is -0.478 e. The van der Waals surface area contributed by atoms with Crippen molar-refractivity contribution in [3.63, 3.8) is 0 Å². The zero-order valence-electron chi connectivity index (χ0n) is 10.5. The predicted octanol–water partition coefficient (Wildman–Crippen LogP) is 2.29. The molecule has 0 aliphatic heterocycles. The molecule has 0 radical (unpaired) electrons. The van der Waals surface area contributed by atoms with E-state index >= 15 is 0 Å². The number of aromatic amines is 1. The fourth-order valence-corrected chi connectivity index (χ4v) is 2.28. The molecule has 0 atom stereocenters. The smallest absolute Gasteiger partial charge is 0.337 e. The van der Waals surface area contributed by atoms with Gasteiger partial charge in [-0.3, -0.25) is 14.9 Å². The summed E-state index contributed by atoms with van der Waals surface area (Å²) >= 11 is 0. The Labute approximate surface area is 116 Å². The highest BCUT2D eigenvalue weighted by Gasteiger charge is 2.14. The van der Waals surface area contributed by atoms with E-state index in [1.807, 2.05) is 0 Å². The molecule has 0 bridgehead atoms. The number of aromatic carboxylic acids is 1. The van der Waals surface area contributed by atoms with Crippen LogP contribution in [0.3, 0.4) is 0 Å². The Morgan fingerprint density at radius 3 is 2.62 bits per heavy atom. The number of rotatable bonds is 2. The highest BCUT2D eigenvalue weighted by atomic mass is 16.6. The monoisotopic (exact) mass is 284 g/mol. The van der Waals surface area contributed by atoms with Gasteiger partial charge in [-0.05, 0) is 18.2 Å². The van der Waals surface area contributed by atoms with Gasteiger partial charge in [-0.25, -0.2) is 4.79 Å². The van der Waals surface area contributed by atoms with E-state index in [0.29, 0.717) is 0 Å². The molecular weight excluding hydrogens is 276 g/mol. The molecule has 2 aromatic carbocycles. The average Bonchev–Trinajstić information content (AvgIpc) is 2.46. The van der Waals surface area contributed by atoms with E-state index in [2.05, 4.69) is 4.98 Å². The van der Waals surface area contributed by atoms with E-state index in [0.717, 1.165) is 0 Å². The number of para-hydroxylation sites is 1. The van der Waals surface area contributed by atoms with Crippen LogP contribution in [0.2, 0.25) is 0 Å². The van der Waals surface area contributed by atoms with Crippen LogP contribution in [0.15, 0.2) is 41.2 Å². The van der Waals surface area contributed by atoms with Gasteiger partial charge < -0.3 is 10.1 Å². The lowest BCUT2D eigenvalue weighted by Gasteiger charge is -2.05. The lowest BCUT2D eigenvalue weighted by atomic mass is 10.1. The number of benzene rings is 2. The fraction of sp³-hybridized carbons (Fsp3) is 0. The Morgan fingerprint density at radius 1 is 1.19 bits per heavy atom. The quantitative estimate of drug-likeness (QED) is 0.425. The minimum atomic E-state index is -1.18. The van der Waals surface area contributed by atoms with Crippen molar-refractivity contribution in [1.29, 1.82) is 0 Å². The number of carboxylic acid groups (broad SMARTS) is 1. The number of non-ortho nitro benzene ring substituents is 1. The molecule has 3 aromatic rings. The molecule has 0 amide bonds. The number of H-pyrrole nitrogens is 1. The SMILES string of the molecule is O=C(O)c1cccc2c(=O)c3ccc([N+](=O)[O-])cc3[nH]c12. The second-order valence-electron chi connectivity index (χ2n) is 4.47. The maximum Gasteiger partial charge on any atom is 0.337 e. The largest absolute Gasteiger partial charge is 0.478 e. The van der Waals surface area contributed by atoms with Crippen molar-refractivity contribution >= 4 is 33.5 Å². The lowest BCUT2D eigenvalue weighted by Crippen LogP contribution is -2.08. The van der Waals surface area contributed by atoms with Crippen LogP contribution in [0.25, 0.3) is 21.8 Å². The molecule has 0 unspecified atom stereocenters. The number of carboxylic acids is 1. The highest BCUT2D eigenvalue weighted by Crippen LogP contribution is 2.21. The number of nitro groups is 1. The van der Waals surface area contributed by atoms with Gasteiger partial charge in [-0.2, -0.15) is 0 Å². The van der Waals surface area contributed by atoms with Crippen molar-refractivity contribution < 1.29 is 14.8 Å². The molecule has 0 spiro atoms. The van der Waals surface area contributed by atoms with Crippen LogP contribution in [0.5, 0.6) is 0 Å². The van der Waals surface area contributed by atoms with Crippen molar-refractivity contribution in [3.05, 3.63) is 62.3 Å². The number of nitrogens with zero attached hydrogens (tertiary/aromatic N) is 1. The summed E-state index contributed by atoms with van der Waals surface area (Å²) in [5.41, 5.74) is -0.210. The molecule has 0 saturated heterocycles. The predicted molar refractivity (Wildman–Crippen MR) is 75.7 cm³/mol. The summed E-state index contributed by atoms with van der Waals surface area (Å²) in [7, 11) is 0. The zero-order chi connectivity index (χ0) is 15.1.